The summed E-state index contributed by atoms with van der Waals surface area (Å²) in [7, 11) is 2.08. The number of amides is 2. The van der Waals surface area contributed by atoms with Gasteiger partial charge < -0.3 is 25.5 Å². The topological polar surface area (TPSA) is 97.8 Å². The van der Waals surface area contributed by atoms with Gasteiger partial charge in [0.15, 0.2) is 0 Å². The number of hydrogen-bond acceptors (Lipinski definition) is 5. The van der Waals surface area contributed by atoms with Gasteiger partial charge >= 0.3 is 6.09 Å². The van der Waals surface area contributed by atoms with Crippen molar-refractivity contribution in [3.05, 3.63) is 23.6 Å². The Morgan fingerprint density at radius 3 is 2.31 bits per heavy atom. The summed E-state index contributed by atoms with van der Waals surface area (Å²) in [6, 6.07) is 1.29. The van der Waals surface area contributed by atoms with Crippen molar-refractivity contribution in [2.45, 2.75) is 83.0 Å². The minimum Gasteiger partial charge on any atom is -0.465 e. The number of rotatable bonds is 5. The van der Waals surface area contributed by atoms with Gasteiger partial charge in [-0.15, -0.1) is 0 Å². The number of nitrogens with zero attached hydrogens (tertiary/aromatic N) is 3. The predicted octanol–water partition coefficient (Wildman–Crippen LogP) is 3.55. The maximum absolute atomic E-state index is 13.9. The van der Waals surface area contributed by atoms with Crippen LogP contribution in [0.3, 0.4) is 0 Å². The quantitative estimate of drug-likeness (QED) is 0.636. The molecule has 1 aliphatic heterocycles. The lowest BCUT2D eigenvalue weighted by Crippen LogP contribution is -2.53. The SMILES string of the molecule is CN1CCC(Nc2ncc(F)cc2C(=O)N[C@H]2CC[C@@H](N(C(=O)O)C(C)(C)C)CC2)CC1. The molecule has 0 bridgehead atoms. The van der Waals surface area contributed by atoms with Crippen LogP contribution >= 0.6 is 0 Å². The Balaban J connectivity index is 1.62. The molecule has 1 aliphatic carbocycles. The lowest BCUT2D eigenvalue weighted by Gasteiger charge is -2.42. The summed E-state index contributed by atoms with van der Waals surface area (Å²) in [6.45, 7) is 7.61. The van der Waals surface area contributed by atoms with Crippen LogP contribution in [0.4, 0.5) is 15.0 Å². The van der Waals surface area contributed by atoms with E-state index in [1.165, 1.54) is 11.0 Å². The van der Waals surface area contributed by atoms with Gasteiger partial charge in [-0.2, -0.15) is 0 Å². The zero-order chi connectivity index (χ0) is 23.5. The molecule has 32 heavy (non-hydrogen) atoms. The maximum Gasteiger partial charge on any atom is 0.407 e. The zero-order valence-corrected chi connectivity index (χ0v) is 19.5. The van der Waals surface area contributed by atoms with Crippen LogP contribution < -0.4 is 10.6 Å². The summed E-state index contributed by atoms with van der Waals surface area (Å²) in [4.78, 5) is 32.7. The van der Waals surface area contributed by atoms with Gasteiger partial charge in [-0.1, -0.05) is 0 Å². The van der Waals surface area contributed by atoms with E-state index in [0.29, 0.717) is 31.5 Å². The number of nitrogens with one attached hydrogen (secondary N) is 2. The fraction of sp³-hybridized carbons (Fsp3) is 0.696. The second-order valence-electron chi connectivity index (χ2n) is 10.1. The lowest BCUT2D eigenvalue weighted by atomic mass is 9.88. The Bertz CT molecular complexity index is 812. The molecule has 3 rings (SSSR count). The highest BCUT2D eigenvalue weighted by Crippen LogP contribution is 2.29. The molecule has 2 heterocycles. The first-order valence-corrected chi connectivity index (χ1v) is 11.5. The van der Waals surface area contributed by atoms with Crippen molar-refractivity contribution in [3.63, 3.8) is 0 Å². The molecule has 0 atom stereocenters. The van der Waals surface area contributed by atoms with Crippen LogP contribution in [0.2, 0.25) is 0 Å². The Morgan fingerprint density at radius 1 is 1.12 bits per heavy atom. The van der Waals surface area contributed by atoms with E-state index >= 15 is 0 Å². The number of pyridine rings is 1. The number of carboxylic acid groups (broad SMARTS) is 1. The number of anilines is 1. The van der Waals surface area contributed by atoms with Crippen molar-refractivity contribution >= 4 is 17.8 Å². The first-order valence-electron chi connectivity index (χ1n) is 11.5. The third-order valence-corrected chi connectivity index (χ3v) is 6.48. The van der Waals surface area contributed by atoms with E-state index in [-0.39, 0.29) is 29.6 Å². The molecule has 1 aromatic rings. The molecule has 8 nitrogen and oxygen atoms in total. The van der Waals surface area contributed by atoms with Crippen LogP contribution in [0.15, 0.2) is 12.3 Å². The van der Waals surface area contributed by atoms with Gasteiger partial charge in [0.05, 0.1) is 11.8 Å². The average molecular weight is 450 g/mol. The highest BCUT2D eigenvalue weighted by atomic mass is 19.1. The summed E-state index contributed by atoms with van der Waals surface area (Å²) < 4.78 is 13.9. The van der Waals surface area contributed by atoms with Crippen molar-refractivity contribution < 1.29 is 19.1 Å². The Labute approximate surface area is 189 Å². The highest BCUT2D eigenvalue weighted by molar-refractivity contribution is 5.99. The van der Waals surface area contributed by atoms with Crippen molar-refractivity contribution in [2.75, 3.05) is 25.5 Å². The fourth-order valence-corrected chi connectivity index (χ4v) is 4.81. The van der Waals surface area contributed by atoms with Crippen LogP contribution in [-0.2, 0) is 0 Å². The van der Waals surface area contributed by atoms with E-state index in [9.17, 15) is 19.1 Å². The average Bonchev–Trinajstić information content (AvgIpc) is 2.71. The first kappa shape index (κ1) is 24.2. The number of hydrogen-bond donors (Lipinski definition) is 3. The molecule has 2 aliphatic rings. The van der Waals surface area contributed by atoms with E-state index in [4.69, 9.17) is 0 Å². The molecule has 0 radical (unpaired) electrons. The molecule has 1 saturated heterocycles. The van der Waals surface area contributed by atoms with Gasteiger partial charge in [0.25, 0.3) is 5.91 Å². The monoisotopic (exact) mass is 449 g/mol. The number of piperidine rings is 1. The van der Waals surface area contributed by atoms with Crippen LogP contribution in [0.1, 0.15) is 69.7 Å². The van der Waals surface area contributed by atoms with E-state index in [1.807, 2.05) is 20.8 Å². The van der Waals surface area contributed by atoms with E-state index in [2.05, 4.69) is 27.6 Å². The molecule has 178 valence electrons. The molecule has 0 unspecified atom stereocenters. The summed E-state index contributed by atoms with van der Waals surface area (Å²) in [5.74, 6) is -0.478. The number of likely N-dealkylation sites (tertiary alicyclic amines) is 1. The van der Waals surface area contributed by atoms with Crippen LogP contribution in [0.5, 0.6) is 0 Å². The third kappa shape index (κ3) is 6.09. The largest absolute Gasteiger partial charge is 0.465 e. The van der Waals surface area contributed by atoms with Gasteiger partial charge in [-0.3, -0.25) is 4.79 Å². The number of carbonyl (C=O) groups is 2. The molecule has 0 aromatic carbocycles. The van der Waals surface area contributed by atoms with Gasteiger partial charge in [0, 0.05) is 23.7 Å². The summed E-state index contributed by atoms with van der Waals surface area (Å²) >= 11 is 0. The molecule has 2 amide bonds. The molecular weight excluding hydrogens is 413 g/mol. The first-order chi connectivity index (χ1) is 15.0. The Hall–Kier alpha value is -2.42. The third-order valence-electron chi connectivity index (χ3n) is 6.48. The normalized spacial score (nSPS) is 22.9. The molecule has 1 saturated carbocycles. The van der Waals surface area contributed by atoms with Gasteiger partial charge in [0.2, 0.25) is 0 Å². The minimum atomic E-state index is -0.916. The van der Waals surface area contributed by atoms with Crippen molar-refractivity contribution in [3.8, 4) is 0 Å². The van der Waals surface area contributed by atoms with E-state index < -0.39 is 17.4 Å². The molecular formula is C23H36FN5O3. The standard InChI is InChI=1S/C23H36FN5O3/c1-23(2,3)29(22(31)32)18-7-5-16(6-8-18)27-21(30)19-13-15(24)14-25-20(19)26-17-9-11-28(4)12-10-17/h13-14,16-18H,5-12H2,1-4H3,(H,25,26)(H,27,30)(H,31,32)/t16-,18+. The lowest BCUT2D eigenvalue weighted by molar-refractivity contribution is 0.0520. The summed E-state index contributed by atoms with van der Waals surface area (Å²) in [6.07, 6.45) is 4.80. The van der Waals surface area contributed by atoms with Gasteiger partial charge in [0.1, 0.15) is 11.6 Å². The van der Waals surface area contributed by atoms with Crippen molar-refractivity contribution in [1.29, 1.82) is 0 Å². The Kier molecular flexibility index (Phi) is 7.59. The molecule has 0 spiro atoms. The van der Waals surface area contributed by atoms with Crippen molar-refractivity contribution in [1.82, 2.24) is 20.1 Å². The van der Waals surface area contributed by atoms with E-state index in [0.717, 1.165) is 32.1 Å². The minimum absolute atomic E-state index is 0.0712. The fourth-order valence-electron chi connectivity index (χ4n) is 4.81. The van der Waals surface area contributed by atoms with Crippen LogP contribution in [-0.4, -0.2) is 75.7 Å². The highest BCUT2D eigenvalue weighted by Gasteiger charge is 2.36. The zero-order valence-electron chi connectivity index (χ0n) is 19.5. The number of halogens is 1. The molecule has 2 fully saturated rings. The van der Waals surface area contributed by atoms with Gasteiger partial charge in [-0.25, -0.2) is 14.2 Å². The molecule has 1 aromatic heterocycles. The van der Waals surface area contributed by atoms with Gasteiger partial charge in [-0.05, 0) is 85.5 Å². The van der Waals surface area contributed by atoms with Crippen molar-refractivity contribution in [2.24, 2.45) is 0 Å². The second kappa shape index (κ2) is 10.0. The number of carbonyl (C=O) groups excluding carboxylic acids is 1. The maximum atomic E-state index is 13.9. The van der Waals surface area contributed by atoms with E-state index in [1.54, 1.807) is 0 Å². The van der Waals surface area contributed by atoms with Crippen LogP contribution in [0, 0.1) is 5.82 Å². The molecule has 9 heteroatoms. The smallest absolute Gasteiger partial charge is 0.407 e. The second-order valence-corrected chi connectivity index (χ2v) is 10.1. The summed E-state index contributed by atoms with van der Waals surface area (Å²) in [5, 5.41) is 16.0. The molecule has 3 N–H and O–H groups in total. The predicted molar refractivity (Wildman–Crippen MR) is 121 cm³/mol. The Morgan fingerprint density at radius 2 is 1.75 bits per heavy atom. The van der Waals surface area contributed by atoms with Crippen LogP contribution in [0.25, 0.3) is 0 Å². The summed E-state index contributed by atoms with van der Waals surface area (Å²) in [5.41, 5.74) is -0.262. The number of aromatic nitrogens is 1.